The molecule has 8 heteroatoms. The standard InChI is InChI=1S/C14H15N7O/c1-19(2)13-4-3-12(17-18-13)14(22)20-8-11(9-20)21-7-10(5-15)6-16-21/h3-4,6-7,11H,8-9H2,1-2H3. The molecule has 0 aliphatic carbocycles. The van der Waals surface area contributed by atoms with Crippen LogP contribution in [0.5, 0.6) is 0 Å². The fraction of sp³-hybridized carbons (Fsp3) is 0.357. The first-order valence-electron chi connectivity index (χ1n) is 6.83. The van der Waals surface area contributed by atoms with Crippen molar-refractivity contribution in [3.63, 3.8) is 0 Å². The Bertz CT molecular complexity index is 722. The quantitative estimate of drug-likeness (QED) is 0.809. The largest absolute Gasteiger partial charge is 0.361 e. The summed E-state index contributed by atoms with van der Waals surface area (Å²) in [6, 6.07) is 5.60. The van der Waals surface area contributed by atoms with Crippen molar-refractivity contribution in [1.82, 2.24) is 24.9 Å². The topological polar surface area (TPSA) is 90.9 Å². The molecule has 0 unspecified atom stereocenters. The highest BCUT2D eigenvalue weighted by Gasteiger charge is 2.33. The lowest BCUT2D eigenvalue weighted by molar-refractivity contribution is 0.0494. The second-order valence-electron chi connectivity index (χ2n) is 5.36. The third kappa shape index (κ3) is 2.48. The van der Waals surface area contributed by atoms with Gasteiger partial charge in [0.2, 0.25) is 0 Å². The number of nitrogens with zero attached hydrogens (tertiary/aromatic N) is 7. The fourth-order valence-corrected chi connectivity index (χ4v) is 2.22. The van der Waals surface area contributed by atoms with E-state index in [0.717, 1.165) is 0 Å². The van der Waals surface area contributed by atoms with E-state index in [4.69, 9.17) is 5.26 Å². The molecule has 3 rings (SSSR count). The predicted octanol–water partition coefficient (Wildman–Crippen LogP) is 0.308. The molecule has 22 heavy (non-hydrogen) atoms. The molecule has 0 N–H and O–H groups in total. The van der Waals surface area contributed by atoms with Gasteiger partial charge in [0.05, 0.1) is 17.8 Å². The molecule has 3 heterocycles. The van der Waals surface area contributed by atoms with Crippen LogP contribution in [0.2, 0.25) is 0 Å². The Morgan fingerprint density at radius 3 is 2.68 bits per heavy atom. The van der Waals surface area contributed by atoms with Crippen LogP contribution in [0.25, 0.3) is 0 Å². The van der Waals surface area contributed by atoms with Gasteiger partial charge in [0, 0.05) is 33.4 Å². The van der Waals surface area contributed by atoms with Crippen molar-refractivity contribution in [3.8, 4) is 6.07 Å². The zero-order valence-corrected chi connectivity index (χ0v) is 12.3. The van der Waals surface area contributed by atoms with Crippen molar-refractivity contribution >= 4 is 11.7 Å². The van der Waals surface area contributed by atoms with E-state index >= 15 is 0 Å². The van der Waals surface area contributed by atoms with Crippen LogP contribution < -0.4 is 4.90 Å². The molecule has 0 aromatic carbocycles. The van der Waals surface area contributed by atoms with Gasteiger partial charge in [-0.25, -0.2) is 0 Å². The van der Waals surface area contributed by atoms with Gasteiger partial charge >= 0.3 is 0 Å². The highest BCUT2D eigenvalue weighted by Crippen LogP contribution is 2.22. The molecule has 1 aliphatic heterocycles. The van der Waals surface area contributed by atoms with Crippen LogP contribution in [0.1, 0.15) is 22.1 Å². The zero-order chi connectivity index (χ0) is 15.7. The minimum atomic E-state index is -0.137. The summed E-state index contributed by atoms with van der Waals surface area (Å²) in [6.07, 6.45) is 3.22. The van der Waals surface area contributed by atoms with Gasteiger partial charge in [-0.3, -0.25) is 9.48 Å². The summed E-state index contributed by atoms with van der Waals surface area (Å²) in [4.78, 5) is 15.8. The number of anilines is 1. The Hall–Kier alpha value is -2.95. The summed E-state index contributed by atoms with van der Waals surface area (Å²) in [7, 11) is 3.73. The maximum Gasteiger partial charge on any atom is 0.274 e. The molecular weight excluding hydrogens is 282 g/mol. The summed E-state index contributed by atoms with van der Waals surface area (Å²) in [5.41, 5.74) is 0.858. The minimum Gasteiger partial charge on any atom is -0.361 e. The number of nitriles is 1. The van der Waals surface area contributed by atoms with Crippen molar-refractivity contribution in [3.05, 3.63) is 35.8 Å². The van der Waals surface area contributed by atoms with Crippen molar-refractivity contribution in [2.75, 3.05) is 32.1 Å². The molecular formula is C14H15N7O. The van der Waals surface area contributed by atoms with E-state index < -0.39 is 0 Å². The SMILES string of the molecule is CN(C)c1ccc(C(=O)N2CC(n3cc(C#N)cn3)C2)nn1. The lowest BCUT2D eigenvalue weighted by atomic mass is 10.1. The number of hydrogen-bond donors (Lipinski definition) is 0. The molecule has 1 fully saturated rings. The van der Waals surface area contributed by atoms with Crippen molar-refractivity contribution in [1.29, 1.82) is 5.26 Å². The molecule has 0 radical (unpaired) electrons. The number of aromatic nitrogens is 4. The first-order valence-corrected chi connectivity index (χ1v) is 6.83. The maximum atomic E-state index is 12.3. The third-order valence-corrected chi connectivity index (χ3v) is 3.58. The Balaban J connectivity index is 1.62. The van der Waals surface area contributed by atoms with E-state index in [1.54, 1.807) is 27.9 Å². The number of hydrogen-bond acceptors (Lipinski definition) is 6. The monoisotopic (exact) mass is 297 g/mol. The molecule has 8 nitrogen and oxygen atoms in total. The molecule has 1 aliphatic rings. The van der Waals surface area contributed by atoms with Gasteiger partial charge in [-0.05, 0) is 12.1 Å². The summed E-state index contributed by atoms with van der Waals surface area (Å²) in [5.74, 6) is 0.570. The van der Waals surface area contributed by atoms with Gasteiger partial charge in [0.15, 0.2) is 11.5 Å². The van der Waals surface area contributed by atoms with Crippen LogP contribution in [0.3, 0.4) is 0 Å². The van der Waals surface area contributed by atoms with Crippen LogP contribution in [0.4, 0.5) is 5.82 Å². The van der Waals surface area contributed by atoms with Gasteiger partial charge in [-0.15, -0.1) is 10.2 Å². The second-order valence-corrected chi connectivity index (χ2v) is 5.36. The van der Waals surface area contributed by atoms with Gasteiger partial charge < -0.3 is 9.80 Å². The molecule has 2 aromatic heterocycles. The highest BCUT2D eigenvalue weighted by atomic mass is 16.2. The van der Waals surface area contributed by atoms with Gasteiger partial charge in [-0.2, -0.15) is 10.4 Å². The fourth-order valence-electron chi connectivity index (χ4n) is 2.22. The Kier molecular flexibility index (Phi) is 3.47. The molecule has 0 atom stereocenters. The van der Waals surface area contributed by atoms with Crippen LogP contribution in [-0.2, 0) is 0 Å². The molecule has 2 aromatic rings. The van der Waals surface area contributed by atoms with Crippen molar-refractivity contribution < 1.29 is 4.79 Å². The van der Waals surface area contributed by atoms with Crippen LogP contribution in [-0.4, -0.2) is 58.0 Å². The van der Waals surface area contributed by atoms with Gasteiger partial charge in [0.25, 0.3) is 5.91 Å². The number of rotatable bonds is 3. The Labute approximate surface area is 127 Å². The Morgan fingerprint density at radius 2 is 2.14 bits per heavy atom. The first-order chi connectivity index (χ1) is 10.6. The van der Waals surface area contributed by atoms with Crippen LogP contribution in [0, 0.1) is 11.3 Å². The third-order valence-electron chi connectivity index (χ3n) is 3.58. The van der Waals surface area contributed by atoms with Gasteiger partial charge in [0.1, 0.15) is 6.07 Å². The predicted molar refractivity (Wildman–Crippen MR) is 78.2 cm³/mol. The molecule has 0 saturated carbocycles. The van der Waals surface area contributed by atoms with E-state index in [0.29, 0.717) is 30.2 Å². The highest BCUT2D eigenvalue weighted by molar-refractivity contribution is 5.92. The number of carbonyl (C=O) groups is 1. The van der Waals surface area contributed by atoms with E-state index in [-0.39, 0.29) is 11.9 Å². The number of carbonyl (C=O) groups excluding carboxylic acids is 1. The average Bonchev–Trinajstić information content (AvgIpc) is 2.94. The Morgan fingerprint density at radius 1 is 1.36 bits per heavy atom. The van der Waals surface area contributed by atoms with E-state index in [1.165, 1.54) is 6.20 Å². The lowest BCUT2D eigenvalue weighted by Crippen LogP contribution is -2.51. The lowest BCUT2D eigenvalue weighted by Gasteiger charge is -2.38. The van der Waals surface area contributed by atoms with E-state index in [1.807, 2.05) is 25.1 Å². The van der Waals surface area contributed by atoms with Gasteiger partial charge in [-0.1, -0.05) is 0 Å². The van der Waals surface area contributed by atoms with Crippen molar-refractivity contribution in [2.45, 2.75) is 6.04 Å². The average molecular weight is 297 g/mol. The summed E-state index contributed by atoms with van der Waals surface area (Å²) in [5, 5.41) is 20.9. The molecule has 1 saturated heterocycles. The second kappa shape index (κ2) is 5.44. The minimum absolute atomic E-state index is 0.111. The summed E-state index contributed by atoms with van der Waals surface area (Å²) < 4.78 is 1.73. The molecule has 0 bridgehead atoms. The molecule has 0 spiro atoms. The summed E-state index contributed by atoms with van der Waals surface area (Å²) >= 11 is 0. The summed E-state index contributed by atoms with van der Waals surface area (Å²) in [6.45, 7) is 1.12. The zero-order valence-electron chi connectivity index (χ0n) is 12.3. The van der Waals surface area contributed by atoms with E-state index in [9.17, 15) is 4.79 Å². The van der Waals surface area contributed by atoms with E-state index in [2.05, 4.69) is 15.3 Å². The van der Waals surface area contributed by atoms with Crippen molar-refractivity contribution in [2.24, 2.45) is 0 Å². The smallest absolute Gasteiger partial charge is 0.274 e. The number of amides is 1. The normalized spacial score (nSPS) is 14.3. The number of likely N-dealkylation sites (tertiary alicyclic amines) is 1. The first kappa shape index (κ1) is 14.0. The van der Waals surface area contributed by atoms with Crippen LogP contribution >= 0.6 is 0 Å². The van der Waals surface area contributed by atoms with Crippen LogP contribution in [0.15, 0.2) is 24.5 Å². The molecule has 1 amide bonds. The molecule has 112 valence electrons. The maximum absolute atomic E-state index is 12.3.